The number of aromatic nitrogens is 1. The smallest absolute Gasteiger partial charge is 0.262 e. The predicted octanol–water partition coefficient (Wildman–Crippen LogP) is 2.81. The second-order valence-corrected chi connectivity index (χ2v) is 4.59. The number of halogens is 1. The first-order valence-electron chi connectivity index (χ1n) is 5.30. The van der Waals surface area contributed by atoms with Crippen molar-refractivity contribution in [3.63, 3.8) is 0 Å². The van der Waals surface area contributed by atoms with E-state index in [1.165, 1.54) is 29.7 Å². The van der Waals surface area contributed by atoms with Gasteiger partial charge in [-0.05, 0) is 23.8 Å². The summed E-state index contributed by atoms with van der Waals surface area (Å²) in [6, 6.07) is 6.27. The SMILES string of the molecule is CNC(=O)c1cnc(/C=C\c2cccc(F)c2)s1. The van der Waals surface area contributed by atoms with Gasteiger partial charge < -0.3 is 5.32 Å². The maximum Gasteiger partial charge on any atom is 0.262 e. The number of carbonyl (C=O) groups is 1. The van der Waals surface area contributed by atoms with Gasteiger partial charge >= 0.3 is 0 Å². The van der Waals surface area contributed by atoms with E-state index in [1.807, 2.05) is 0 Å². The molecule has 1 N–H and O–H groups in total. The van der Waals surface area contributed by atoms with Crippen molar-refractivity contribution in [3.05, 3.63) is 51.7 Å². The summed E-state index contributed by atoms with van der Waals surface area (Å²) in [5, 5.41) is 3.24. The lowest BCUT2D eigenvalue weighted by atomic mass is 10.2. The quantitative estimate of drug-likeness (QED) is 0.924. The molecule has 0 spiro atoms. The van der Waals surface area contributed by atoms with Crippen LogP contribution in [-0.2, 0) is 0 Å². The lowest BCUT2D eigenvalue weighted by molar-refractivity contribution is 0.0967. The van der Waals surface area contributed by atoms with Gasteiger partial charge in [0.15, 0.2) is 0 Å². The first-order chi connectivity index (χ1) is 8.69. The Morgan fingerprint density at radius 2 is 2.28 bits per heavy atom. The number of hydrogen-bond donors (Lipinski definition) is 1. The fourth-order valence-electron chi connectivity index (χ4n) is 1.37. The van der Waals surface area contributed by atoms with E-state index in [2.05, 4.69) is 10.3 Å². The molecule has 3 nitrogen and oxygen atoms in total. The van der Waals surface area contributed by atoms with Crippen molar-refractivity contribution >= 4 is 29.4 Å². The molecular weight excluding hydrogens is 251 g/mol. The maximum atomic E-state index is 12.9. The Labute approximate surface area is 108 Å². The van der Waals surface area contributed by atoms with E-state index in [0.717, 1.165) is 5.56 Å². The van der Waals surface area contributed by atoms with Gasteiger partial charge in [0, 0.05) is 7.05 Å². The molecule has 0 bridgehead atoms. The summed E-state index contributed by atoms with van der Waals surface area (Å²) < 4.78 is 12.9. The van der Waals surface area contributed by atoms with Gasteiger partial charge in [-0.25, -0.2) is 9.37 Å². The summed E-state index contributed by atoms with van der Waals surface area (Å²) in [4.78, 5) is 16.0. The molecule has 0 fully saturated rings. The van der Waals surface area contributed by atoms with Crippen LogP contribution in [0.2, 0.25) is 0 Å². The summed E-state index contributed by atoms with van der Waals surface area (Å²) in [5.74, 6) is -0.430. The summed E-state index contributed by atoms with van der Waals surface area (Å²) in [7, 11) is 1.57. The number of hydrogen-bond acceptors (Lipinski definition) is 3. The van der Waals surface area contributed by atoms with Crippen LogP contribution in [0.15, 0.2) is 30.5 Å². The first-order valence-corrected chi connectivity index (χ1v) is 6.12. The van der Waals surface area contributed by atoms with Gasteiger partial charge in [0.2, 0.25) is 0 Å². The molecule has 0 saturated carbocycles. The summed E-state index contributed by atoms with van der Waals surface area (Å²) in [6.45, 7) is 0. The minimum Gasteiger partial charge on any atom is -0.354 e. The molecule has 2 aromatic rings. The zero-order chi connectivity index (χ0) is 13.0. The normalized spacial score (nSPS) is 10.8. The van der Waals surface area contributed by atoms with Crippen molar-refractivity contribution in [2.45, 2.75) is 0 Å². The van der Waals surface area contributed by atoms with Gasteiger partial charge in [-0.2, -0.15) is 0 Å². The number of nitrogens with one attached hydrogen (secondary N) is 1. The van der Waals surface area contributed by atoms with Crippen LogP contribution < -0.4 is 5.32 Å². The number of nitrogens with zero attached hydrogens (tertiary/aromatic N) is 1. The van der Waals surface area contributed by atoms with Crippen molar-refractivity contribution in [2.24, 2.45) is 0 Å². The van der Waals surface area contributed by atoms with Crippen molar-refractivity contribution in [1.29, 1.82) is 0 Å². The topological polar surface area (TPSA) is 42.0 Å². The Morgan fingerprint density at radius 3 is 3.00 bits per heavy atom. The molecule has 0 aliphatic heterocycles. The van der Waals surface area contributed by atoms with Gasteiger partial charge in [0.25, 0.3) is 5.91 Å². The number of amides is 1. The van der Waals surface area contributed by atoms with Gasteiger partial charge in [-0.15, -0.1) is 11.3 Å². The second kappa shape index (κ2) is 5.55. The lowest BCUT2D eigenvalue weighted by Crippen LogP contribution is -2.16. The Balaban J connectivity index is 2.14. The molecule has 1 heterocycles. The van der Waals surface area contributed by atoms with Crippen LogP contribution in [0.4, 0.5) is 4.39 Å². The van der Waals surface area contributed by atoms with Gasteiger partial charge in [-0.3, -0.25) is 4.79 Å². The van der Waals surface area contributed by atoms with E-state index in [9.17, 15) is 9.18 Å². The number of thiazole rings is 1. The van der Waals surface area contributed by atoms with E-state index < -0.39 is 0 Å². The molecule has 0 aliphatic rings. The molecule has 5 heteroatoms. The van der Waals surface area contributed by atoms with Crippen LogP contribution in [0.3, 0.4) is 0 Å². The molecule has 92 valence electrons. The summed E-state index contributed by atoms with van der Waals surface area (Å²) >= 11 is 1.29. The standard InChI is InChI=1S/C13H11FN2OS/c1-15-13(17)11-8-16-12(18-11)6-5-9-3-2-4-10(14)7-9/h2-8H,1H3,(H,15,17)/b6-5-. The highest BCUT2D eigenvalue weighted by atomic mass is 32.1. The minimum absolute atomic E-state index is 0.155. The van der Waals surface area contributed by atoms with E-state index in [-0.39, 0.29) is 11.7 Å². The summed E-state index contributed by atoms with van der Waals surface area (Å²) in [5.41, 5.74) is 0.756. The molecule has 0 atom stereocenters. The largest absolute Gasteiger partial charge is 0.354 e. The molecule has 0 unspecified atom stereocenters. The van der Waals surface area contributed by atoms with Gasteiger partial charge in [0.1, 0.15) is 15.7 Å². The van der Waals surface area contributed by atoms with Crippen molar-refractivity contribution < 1.29 is 9.18 Å². The third-order valence-corrected chi connectivity index (χ3v) is 3.20. The zero-order valence-electron chi connectivity index (χ0n) is 9.68. The second-order valence-electron chi connectivity index (χ2n) is 3.53. The minimum atomic E-state index is -0.276. The molecule has 1 amide bonds. The molecule has 1 aromatic carbocycles. The molecule has 0 radical (unpaired) electrons. The van der Waals surface area contributed by atoms with Gasteiger partial charge in [0.05, 0.1) is 6.20 Å². The Morgan fingerprint density at radius 1 is 1.44 bits per heavy atom. The molecule has 1 aromatic heterocycles. The Bertz CT molecular complexity index is 592. The fourth-order valence-corrected chi connectivity index (χ4v) is 2.14. The Hall–Kier alpha value is -2.01. The van der Waals surface area contributed by atoms with Crippen LogP contribution in [-0.4, -0.2) is 17.9 Å². The lowest BCUT2D eigenvalue weighted by Gasteiger charge is -1.92. The third-order valence-electron chi connectivity index (χ3n) is 2.24. The zero-order valence-corrected chi connectivity index (χ0v) is 10.5. The van der Waals surface area contributed by atoms with Crippen LogP contribution in [0.5, 0.6) is 0 Å². The highest BCUT2D eigenvalue weighted by Gasteiger charge is 2.06. The van der Waals surface area contributed by atoms with Crippen LogP contribution in [0.1, 0.15) is 20.2 Å². The van der Waals surface area contributed by atoms with Crippen molar-refractivity contribution in [2.75, 3.05) is 7.05 Å². The Kier molecular flexibility index (Phi) is 3.84. The van der Waals surface area contributed by atoms with Crippen molar-refractivity contribution in [3.8, 4) is 0 Å². The maximum absolute atomic E-state index is 12.9. The third kappa shape index (κ3) is 3.01. The average molecular weight is 262 g/mol. The number of carbonyl (C=O) groups excluding carboxylic acids is 1. The van der Waals surface area contributed by atoms with E-state index in [1.54, 1.807) is 31.3 Å². The van der Waals surface area contributed by atoms with Crippen LogP contribution >= 0.6 is 11.3 Å². The highest BCUT2D eigenvalue weighted by molar-refractivity contribution is 7.14. The van der Waals surface area contributed by atoms with Crippen LogP contribution in [0.25, 0.3) is 12.2 Å². The summed E-state index contributed by atoms with van der Waals surface area (Å²) in [6.07, 6.45) is 5.04. The molecule has 2 rings (SSSR count). The van der Waals surface area contributed by atoms with E-state index in [4.69, 9.17) is 0 Å². The molecule has 0 aliphatic carbocycles. The monoisotopic (exact) mass is 262 g/mol. The number of rotatable bonds is 3. The molecule has 0 saturated heterocycles. The van der Waals surface area contributed by atoms with Crippen LogP contribution in [0, 0.1) is 5.82 Å². The first kappa shape index (κ1) is 12.4. The number of benzene rings is 1. The fraction of sp³-hybridized carbons (Fsp3) is 0.0769. The van der Waals surface area contributed by atoms with Gasteiger partial charge in [-0.1, -0.05) is 18.2 Å². The van der Waals surface area contributed by atoms with E-state index >= 15 is 0 Å². The highest BCUT2D eigenvalue weighted by Crippen LogP contribution is 2.16. The van der Waals surface area contributed by atoms with E-state index in [0.29, 0.717) is 9.88 Å². The average Bonchev–Trinajstić information content (AvgIpc) is 2.84. The predicted molar refractivity (Wildman–Crippen MR) is 70.8 cm³/mol. The molecular formula is C13H11FN2OS. The molecule has 18 heavy (non-hydrogen) atoms. The van der Waals surface area contributed by atoms with Crippen molar-refractivity contribution in [1.82, 2.24) is 10.3 Å².